The Balaban J connectivity index is 0. The van der Waals surface area contributed by atoms with Crippen molar-refractivity contribution < 1.29 is 4.79 Å². The second-order valence-corrected chi connectivity index (χ2v) is 3.04. The molecule has 2 rings (SSSR count). The molecule has 2 aromatic carbocycles. The SMILES string of the molecule is C#Cc1ccccc1.CC.CC.O=Cc1ccccc1. The molecule has 1 heteroatoms. The first kappa shape index (κ1) is 20.0. The molecule has 0 aliphatic carbocycles. The molecule has 0 bridgehead atoms. The zero-order valence-electron chi connectivity index (χ0n) is 12.8. The lowest BCUT2D eigenvalue weighted by atomic mass is 10.2. The smallest absolute Gasteiger partial charge is 0.150 e. The van der Waals surface area contributed by atoms with Crippen LogP contribution in [-0.2, 0) is 0 Å². The van der Waals surface area contributed by atoms with E-state index in [9.17, 15) is 4.79 Å². The minimum atomic E-state index is 0.729. The predicted octanol–water partition coefficient (Wildman–Crippen LogP) is 5.22. The summed E-state index contributed by atoms with van der Waals surface area (Å²) in [4.78, 5) is 10.0. The second kappa shape index (κ2) is 16.7. The first-order valence-corrected chi connectivity index (χ1v) is 6.88. The van der Waals surface area contributed by atoms with Gasteiger partial charge in [0.25, 0.3) is 0 Å². The summed E-state index contributed by atoms with van der Waals surface area (Å²) in [6, 6.07) is 18.7. The van der Waals surface area contributed by atoms with Gasteiger partial charge in [0.15, 0.2) is 0 Å². The Morgan fingerprint density at radius 1 is 0.800 bits per heavy atom. The zero-order valence-corrected chi connectivity index (χ0v) is 12.8. The lowest BCUT2D eigenvalue weighted by molar-refractivity contribution is 0.112. The van der Waals surface area contributed by atoms with Gasteiger partial charge in [-0.3, -0.25) is 4.79 Å². The van der Waals surface area contributed by atoms with Crippen LogP contribution < -0.4 is 0 Å². The minimum absolute atomic E-state index is 0.729. The molecule has 0 radical (unpaired) electrons. The highest BCUT2D eigenvalue weighted by Crippen LogP contribution is 1.93. The molecule has 0 saturated heterocycles. The van der Waals surface area contributed by atoms with Crippen molar-refractivity contribution in [2.45, 2.75) is 27.7 Å². The number of carbonyl (C=O) groups excluding carboxylic acids is 1. The highest BCUT2D eigenvalue weighted by molar-refractivity contribution is 5.74. The zero-order chi connectivity index (χ0) is 15.6. The van der Waals surface area contributed by atoms with Crippen molar-refractivity contribution in [3.63, 3.8) is 0 Å². The van der Waals surface area contributed by atoms with Crippen molar-refractivity contribution in [1.29, 1.82) is 0 Å². The topological polar surface area (TPSA) is 17.1 Å². The van der Waals surface area contributed by atoms with Crippen molar-refractivity contribution in [3.05, 3.63) is 71.8 Å². The summed E-state index contributed by atoms with van der Waals surface area (Å²) in [5, 5.41) is 0. The molecule has 0 aliphatic rings. The highest BCUT2D eigenvalue weighted by atomic mass is 16.1. The van der Waals surface area contributed by atoms with E-state index in [-0.39, 0.29) is 0 Å². The van der Waals surface area contributed by atoms with E-state index in [0.29, 0.717) is 0 Å². The predicted molar refractivity (Wildman–Crippen MR) is 88.9 cm³/mol. The maximum atomic E-state index is 10.0. The van der Waals surface area contributed by atoms with Crippen LogP contribution in [0.3, 0.4) is 0 Å². The van der Waals surface area contributed by atoms with Gasteiger partial charge in [0.05, 0.1) is 0 Å². The van der Waals surface area contributed by atoms with Crippen LogP contribution in [0.25, 0.3) is 0 Å². The van der Waals surface area contributed by atoms with Gasteiger partial charge in [-0.05, 0) is 12.1 Å². The normalized spacial score (nSPS) is 7.15. The van der Waals surface area contributed by atoms with Gasteiger partial charge in [0.2, 0.25) is 0 Å². The van der Waals surface area contributed by atoms with Crippen LogP contribution in [0.4, 0.5) is 0 Å². The first-order chi connectivity index (χ1) is 9.86. The van der Waals surface area contributed by atoms with E-state index in [4.69, 9.17) is 6.42 Å². The van der Waals surface area contributed by atoms with Crippen molar-refractivity contribution in [2.75, 3.05) is 0 Å². The third kappa shape index (κ3) is 10.8. The third-order valence-electron chi connectivity index (χ3n) is 1.88. The van der Waals surface area contributed by atoms with Crippen molar-refractivity contribution in [1.82, 2.24) is 0 Å². The maximum absolute atomic E-state index is 10.0. The minimum Gasteiger partial charge on any atom is -0.298 e. The number of hydrogen-bond acceptors (Lipinski definition) is 1. The molecule has 0 saturated carbocycles. The van der Waals surface area contributed by atoms with E-state index in [1.54, 1.807) is 12.1 Å². The second-order valence-electron chi connectivity index (χ2n) is 3.04. The summed E-state index contributed by atoms with van der Waals surface area (Å²) < 4.78 is 0. The van der Waals surface area contributed by atoms with Crippen molar-refractivity contribution >= 4 is 6.29 Å². The van der Waals surface area contributed by atoms with Crippen LogP contribution in [0, 0.1) is 12.3 Å². The molecule has 0 fully saturated rings. The standard InChI is InChI=1S/C8H6.C7H6O.2C2H6/c1-2-8-6-4-3-5-7-8;8-6-7-4-2-1-3-5-7;2*1-2/h1,3-7H;1-6H;2*1-2H3. The average Bonchev–Trinajstić information content (AvgIpc) is 2.60. The van der Waals surface area contributed by atoms with Crippen LogP contribution in [-0.4, -0.2) is 6.29 Å². The van der Waals surface area contributed by atoms with Crippen molar-refractivity contribution in [2.24, 2.45) is 0 Å². The molecule has 106 valence electrons. The van der Waals surface area contributed by atoms with E-state index in [1.165, 1.54) is 0 Å². The summed E-state index contributed by atoms with van der Waals surface area (Å²) in [6.07, 6.45) is 5.93. The Kier molecular flexibility index (Phi) is 16.7. The van der Waals surface area contributed by atoms with E-state index < -0.39 is 0 Å². The number of hydrogen-bond donors (Lipinski definition) is 0. The van der Waals surface area contributed by atoms with Gasteiger partial charge < -0.3 is 0 Å². The largest absolute Gasteiger partial charge is 0.298 e. The molecule has 0 heterocycles. The monoisotopic (exact) mass is 268 g/mol. The number of aldehydes is 1. The Hall–Kier alpha value is -2.33. The molecule has 2 aromatic rings. The summed E-state index contributed by atoms with van der Waals surface area (Å²) in [6.45, 7) is 8.00. The van der Waals surface area contributed by atoms with Crippen LogP contribution in [0.15, 0.2) is 60.7 Å². The fourth-order valence-corrected chi connectivity index (χ4v) is 1.07. The Morgan fingerprint density at radius 2 is 1.20 bits per heavy atom. The lowest BCUT2D eigenvalue weighted by Crippen LogP contribution is -1.73. The van der Waals surface area contributed by atoms with E-state index in [2.05, 4.69) is 5.92 Å². The summed E-state index contributed by atoms with van der Waals surface area (Å²) in [5.74, 6) is 2.53. The summed E-state index contributed by atoms with van der Waals surface area (Å²) >= 11 is 0. The van der Waals surface area contributed by atoms with E-state index >= 15 is 0 Å². The molecule has 0 aliphatic heterocycles. The lowest BCUT2D eigenvalue weighted by Gasteiger charge is -1.82. The summed E-state index contributed by atoms with van der Waals surface area (Å²) in [5.41, 5.74) is 1.67. The van der Waals surface area contributed by atoms with Gasteiger partial charge >= 0.3 is 0 Å². The van der Waals surface area contributed by atoms with Gasteiger partial charge in [0, 0.05) is 11.1 Å². The van der Waals surface area contributed by atoms with Gasteiger partial charge in [0.1, 0.15) is 6.29 Å². The molecule has 1 nitrogen and oxygen atoms in total. The molecule has 0 N–H and O–H groups in total. The van der Waals surface area contributed by atoms with E-state index in [1.807, 2.05) is 76.2 Å². The third-order valence-corrected chi connectivity index (χ3v) is 1.88. The van der Waals surface area contributed by atoms with Crippen LogP contribution in [0.2, 0.25) is 0 Å². The molecular formula is C19H24O. The fraction of sp³-hybridized carbons (Fsp3) is 0.211. The molecular weight excluding hydrogens is 244 g/mol. The molecule has 20 heavy (non-hydrogen) atoms. The number of benzene rings is 2. The molecule has 0 aromatic heterocycles. The van der Waals surface area contributed by atoms with Gasteiger partial charge in [-0.2, -0.15) is 0 Å². The fourth-order valence-electron chi connectivity index (χ4n) is 1.07. The first-order valence-electron chi connectivity index (χ1n) is 6.88. The Bertz CT molecular complexity index is 452. The molecule has 0 spiro atoms. The average molecular weight is 268 g/mol. The van der Waals surface area contributed by atoms with Gasteiger partial charge in [-0.1, -0.05) is 82.1 Å². The summed E-state index contributed by atoms with van der Waals surface area (Å²) in [7, 11) is 0. The highest BCUT2D eigenvalue weighted by Gasteiger charge is 1.80. The maximum Gasteiger partial charge on any atom is 0.150 e. The molecule has 0 amide bonds. The van der Waals surface area contributed by atoms with E-state index in [0.717, 1.165) is 17.4 Å². The number of terminal acetylenes is 1. The van der Waals surface area contributed by atoms with Gasteiger partial charge in [-0.25, -0.2) is 0 Å². The molecule has 0 unspecified atom stereocenters. The number of carbonyl (C=O) groups is 1. The Labute approximate surface area is 123 Å². The van der Waals surface area contributed by atoms with Crippen molar-refractivity contribution in [3.8, 4) is 12.3 Å². The van der Waals surface area contributed by atoms with Crippen LogP contribution >= 0.6 is 0 Å². The number of rotatable bonds is 1. The quantitative estimate of drug-likeness (QED) is 0.512. The van der Waals surface area contributed by atoms with Crippen LogP contribution in [0.5, 0.6) is 0 Å². The molecule has 0 atom stereocenters. The Morgan fingerprint density at radius 3 is 1.45 bits per heavy atom. The van der Waals surface area contributed by atoms with Crippen LogP contribution in [0.1, 0.15) is 43.6 Å². The van der Waals surface area contributed by atoms with Gasteiger partial charge in [-0.15, -0.1) is 6.42 Å².